The Balaban J connectivity index is 2.50. The van der Waals surface area contributed by atoms with Crippen molar-refractivity contribution in [2.45, 2.75) is 12.6 Å². The second-order valence-corrected chi connectivity index (χ2v) is 4.64. The molecule has 0 radical (unpaired) electrons. The highest BCUT2D eigenvalue weighted by molar-refractivity contribution is 7.98. The number of halogens is 3. The van der Waals surface area contributed by atoms with Gasteiger partial charge in [0, 0.05) is 12.7 Å². The van der Waals surface area contributed by atoms with Gasteiger partial charge < -0.3 is 5.32 Å². The molecular weight excluding hydrogens is 279 g/mol. The molecule has 2 N–H and O–H groups in total. The van der Waals surface area contributed by atoms with Crippen LogP contribution in [-0.2, 0) is 6.18 Å². The summed E-state index contributed by atoms with van der Waals surface area (Å²) in [7, 11) is 0. The average Bonchev–Trinajstić information content (AvgIpc) is 2.34. The summed E-state index contributed by atoms with van der Waals surface area (Å²) in [6.45, 7) is 0.464. The number of urea groups is 1. The number of anilines is 1. The molecule has 0 saturated heterocycles. The Labute approximate surface area is 113 Å². The number of thioether (sulfide) groups is 1. The maximum absolute atomic E-state index is 12.4. The lowest BCUT2D eigenvalue weighted by Crippen LogP contribution is -2.30. The molecule has 0 saturated carbocycles. The summed E-state index contributed by atoms with van der Waals surface area (Å²) < 4.78 is 37.3. The topological polar surface area (TPSA) is 54.0 Å². The van der Waals surface area contributed by atoms with Gasteiger partial charge in [0.2, 0.25) is 0 Å². The first-order chi connectivity index (χ1) is 8.93. The normalized spacial score (nSPS) is 11.2. The van der Waals surface area contributed by atoms with Gasteiger partial charge in [0.1, 0.15) is 5.82 Å². The quantitative estimate of drug-likeness (QED) is 0.821. The zero-order chi connectivity index (χ0) is 14.3. The van der Waals surface area contributed by atoms with Gasteiger partial charge >= 0.3 is 12.2 Å². The van der Waals surface area contributed by atoms with E-state index in [0.717, 1.165) is 30.5 Å². The van der Waals surface area contributed by atoms with Gasteiger partial charge in [-0.3, -0.25) is 5.32 Å². The van der Waals surface area contributed by atoms with E-state index < -0.39 is 17.8 Å². The van der Waals surface area contributed by atoms with E-state index >= 15 is 0 Å². The molecule has 0 atom stereocenters. The van der Waals surface area contributed by atoms with E-state index in [-0.39, 0.29) is 5.82 Å². The van der Waals surface area contributed by atoms with Crippen LogP contribution in [0.25, 0.3) is 0 Å². The number of aromatic nitrogens is 1. The second-order valence-electron chi connectivity index (χ2n) is 3.65. The first kappa shape index (κ1) is 15.6. The number of pyridine rings is 1. The molecule has 106 valence electrons. The van der Waals surface area contributed by atoms with Gasteiger partial charge in [-0.05, 0) is 30.6 Å². The Morgan fingerprint density at radius 2 is 2.21 bits per heavy atom. The van der Waals surface area contributed by atoms with E-state index in [1.54, 1.807) is 11.8 Å². The standard InChI is InChI=1S/C11H14F3N3OS/c1-19-6-2-4-16-10(18)17-9-7-8(3-5-15-9)11(12,13)14/h3,5,7H,2,4,6H2,1H3,(H2,15,16,17,18). The van der Waals surface area contributed by atoms with Crippen molar-refractivity contribution in [1.29, 1.82) is 0 Å². The maximum Gasteiger partial charge on any atom is 0.416 e. The number of carbonyl (C=O) groups excluding carboxylic acids is 1. The van der Waals surface area contributed by atoms with Crippen molar-refractivity contribution in [3.8, 4) is 0 Å². The number of rotatable bonds is 5. The van der Waals surface area contributed by atoms with Crippen molar-refractivity contribution in [2.75, 3.05) is 23.9 Å². The minimum atomic E-state index is -4.45. The monoisotopic (exact) mass is 293 g/mol. The molecule has 2 amide bonds. The van der Waals surface area contributed by atoms with Gasteiger partial charge in [0.25, 0.3) is 0 Å². The van der Waals surface area contributed by atoms with Crippen LogP contribution in [0.15, 0.2) is 18.3 Å². The largest absolute Gasteiger partial charge is 0.416 e. The predicted octanol–water partition coefficient (Wildman–Crippen LogP) is 2.98. The zero-order valence-corrected chi connectivity index (χ0v) is 11.1. The molecular formula is C11H14F3N3OS. The molecule has 19 heavy (non-hydrogen) atoms. The molecule has 1 aromatic rings. The maximum atomic E-state index is 12.4. The molecule has 8 heteroatoms. The molecule has 0 unspecified atom stereocenters. The number of amides is 2. The van der Waals surface area contributed by atoms with Gasteiger partial charge in [-0.1, -0.05) is 0 Å². The van der Waals surface area contributed by atoms with Crippen LogP contribution in [0, 0.1) is 0 Å². The lowest BCUT2D eigenvalue weighted by Gasteiger charge is -2.09. The molecule has 4 nitrogen and oxygen atoms in total. The first-order valence-electron chi connectivity index (χ1n) is 5.50. The molecule has 1 rings (SSSR count). The van der Waals surface area contributed by atoms with E-state index in [4.69, 9.17) is 0 Å². The van der Waals surface area contributed by atoms with Crippen molar-refractivity contribution in [2.24, 2.45) is 0 Å². The van der Waals surface area contributed by atoms with Crippen molar-refractivity contribution in [3.63, 3.8) is 0 Å². The van der Waals surface area contributed by atoms with Crippen LogP contribution < -0.4 is 10.6 Å². The lowest BCUT2D eigenvalue weighted by molar-refractivity contribution is -0.137. The summed E-state index contributed by atoms with van der Waals surface area (Å²) in [6.07, 6.45) is -0.697. The van der Waals surface area contributed by atoms with Crippen LogP contribution >= 0.6 is 11.8 Å². The molecule has 0 bridgehead atoms. The van der Waals surface area contributed by atoms with Crippen molar-refractivity contribution >= 4 is 23.6 Å². The third-order valence-corrected chi connectivity index (χ3v) is 2.84. The Bertz CT molecular complexity index is 426. The number of nitrogens with zero attached hydrogens (tertiary/aromatic N) is 1. The van der Waals surface area contributed by atoms with Crippen molar-refractivity contribution in [1.82, 2.24) is 10.3 Å². The third kappa shape index (κ3) is 5.82. The minimum absolute atomic E-state index is 0.128. The number of nitrogens with one attached hydrogen (secondary N) is 2. The van der Waals surface area contributed by atoms with Crippen molar-refractivity contribution in [3.05, 3.63) is 23.9 Å². The van der Waals surface area contributed by atoms with Gasteiger partial charge in [0.05, 0.1) is 5.56 Å². The number of alkyl halides is 3. The van der Waals surface area contributed by atoms with Gasteiger partial charge in [-0.25, -0.2) is 9.78 Å². The molecule has 0 aliphatic rings. The fraction of sp³-hybridized carbons (Fsp3) is 0.455. The SMILES string of the molecule is CSCCCNC(=O)Nc1cc(C(F)(F)F)ccn1. The first-order valence-corrected chi connectivity index (χ1v) is 6.90. The van der Waals surface area contributed by atoms with Crippen LogP contribution in [0.2, 0.25) is 0 Å². The summed E-state index contributed by atoms with van der Waals surface area (Å²) in [6, 6.07) is 1.08. The minimum Gasteiger partial charge on any atom is -0.338 e. The second kappa shape index (κ2) is 7.22. The van der Waals surface area contributed by atoms with Crippen LogP contribution in [0.3, 0.4) is 0 Å². The molecule has 0 aliphatic heterocycles. The van der Waals surface area contributed by atoms with Gasteiger partial charge in [-0.15, -0.1) is 0 Å². The molecule has 0 aliphatic carbocycles. The molecule has 0 aromatic carbocycles. The number of hydrogen-bond donors (Lipinski definition) is 2. The van der Waals surface area contributed by atoms with E-state index in [0.29, 0.717) is 6.54 Å². The number of carbonyl (C=O) groups is 1. The summed E-state index contributed by atoms with van der Waals surface area (Å²) >= 11 is 1.65. The Kier molecular flexibility index (Phi) is 5.94. The molecule has 1 aromatic heterocycles. The highest BCUT2D eigenvalue weighted by Gasteiger charge is 2.30. The molecule has 0 spiro atoms. The predicted molar refractivity (Wildman–Crippen MR) is 69.3 cm³/mol. The summed E-state index contributed by atoms with van der Waals surface area (Å²) in [5.41, 5.74) is -0.847. The van der Waals surface area contributed by atoms with E-state index in [9.17, 15) is 18.0 Å². The van der Waals surface area contributed by atoms with Crippen LogP contribution in [-0.4, -0.2) is 29.6 Å². The highest BCUT2D eigenvalue weighted by atomic mass is 32.2. The fourth-order valence-electron chi connectivity index (χ4n) is 1.25. The summed E-state index contributed by atoms with van der Waals surface area (Å²) in [5, 5.41) is 4.80. The lowest BCUT2D eigenvalue weighted by atomic mass is 10.2. The van der Waals surface area contributed by atoms with Gasteiger partial charge in [-0.2, -0.15) is 24.9 Å². The zero-order valence-electron chi connectivity index (χ0n) is 10.3. The Morgan fingerprint density at radius 1 is 1.47 bits per heavy atom. The highest BCUT2D eigenvalue weighted by Crippen LogP contribution is 2.29. The van der Waals surface area contributed by atoms with E-state index in [2.05, 4.69) is 15.6 Å². The molecule has 1 heterocycles. The van der Waals surface area contributed by atoms with E-state index in [1.807, 2.05) is 6.26 Å². The van der Waals surface area contributed by atoms with Gasteiger partial charge in [0.15, 0.2) is 0 Å². The summed E-state index contributed by atoms with van der Waals surface area (Å²) in [4.78, 5) is 15.0. The average molecular weight is 293 g/mol. The number of hydrogen-bond acceptors (Lipinski definition) is 3. The van der Waals surface area contributed by atoms with Crippen LogP contribution in [0.4, 0.5) is 23.8 Å². The van der Waals surface area contributed by atoms with E-state index in [1.165, 1.54) is 0 Å². The Hall–Kier alpha value is -1.44. The third-order valence-electron chi connectivity index (χ3n) is 2.14. The smallest absolute Gasteiger partial charge is 0.338 e. The summed E-state index contributed by atoms with van der Waals surface area (Å²) in [5.74, 6) is 0.777. The molecule has 0 fully saturated rings. The Morgan fingerprint density at radius 3 is 2.84 bits per heavy atom. The van der Waals surface area contributed by atoms with Crippen LogP contribution in [0.5, 0.6) is 0 Å². The fourth-order valence-corrected chi connectivity index (χ4v) is 1.69. The van der Waals surface area contributed by atoms with Crippen LogP contribution in [0.1, 0.15) is 12.0 Å². The van der Waals surface area contributed by atoms with Crippen molar-refractivity contribution < 1.29 is 18.0 Å².